The molecule has 0 saturated heterocycles. The predicted octanol–water partition coefficient (Wildman–Crippen LogP) is 0.480. The summed E-state index contributed by atoms with van der Waals surface area (Å²) in [6, 6.07) is 6.27. The molecule has 0 bridgehead atoms. The minimum Gasteiger partial charge on any atom is -0.396 e. The number of ether oxygens (including phenoxy) is 1. The van der Waals surface area contributed by atoms with Gasteiger partial charge in [0.1, 0.15) is 17.5 Å². The number of carbonyl (C=O) groups excluding carboxylic acids is 2. The summed E-state index contributed by atoms with van der Waals surface area (Å²) in [5, 5.41) is 2.49. The van der Waals surface area contributed by atoms with Crippen molar-refractivity contribution in [1.82, 2.24) is 9.97 Å². The Labute approximate surface area is 177 Å². The molecule has 0 radical (unpaired) electrons. The maximum atomic E-state index is 13.8. The van der Waals surface area contributed by atoms with E-state index in [-0.39, 0.29) is 47.7 Å². The molecule has 1 aliphatic rings. The molecule has 0 fully saturated rings. The topological polar surface area (TPSA) is 172 Å². The molecule has 10 nitrogen and oxygen atoms in total. The van der Waals surface area contributed by atoms with Crippen molar-refractivity contribution in [3.63, 3.8) is 0 Å². The first-order valence-electron chi connectivity index (χ1n) is 9.21. The van der Waals surface area contributed by atoms with Crippen LogP contribution in [0.5, 0.6) is 0 Å². The molecule has 2 heterocycles. The van der Waals surface area contributed by atoms with Gasteiger partial charge in [-0.05, 0) is 19.1 Å². The molecular weight excluding hydrogens is 405 g/mol. The summed E-state index contributed by atoms with van der Waals surface area (Å²) in [6.45, 7) is 1.53. The van der Waals surface area contributed by atoms with Crippen LogP contribution in [0.3, 0.4) is 0 Å². The lowest BCUT2D eigenvalue weighted by Crippen LogP contribution is -2.44. The molecule has 2 amide bonds. The fourth-order valence-electron chi connectivity index (χ4n) is 3.11. The van der Waals surface area contributed by atoms with E-state index in [0.29, 0.717) is 11.3 Å². The fraction of sp³-hybridized carbons (Fsp3) is 0.250. The van der Waals surface area contributed by atoms with E-state index in [2.05, 4.69) is 20.3 Å². The number of hydrogen-bond donors (Lipinski definition) is 4. The standard InChI is InChI=1S/C20H22FN7O3/c1-20(18(24)29)14-15(23)26-16(27-17(14)28-19(20)30)13(22)7-11(9-31-2)25-8-10-5-3-4-6-12(10)21/h3-7H,8-9,22H2,1-2H3,(H2,24,29)(H3,23,26,27,28,30). The van der Waals surface area contributed by atoms with Gasteiger partial charge >= 0.3 is 0 Å². The monoisotopic (exact) mass is 427 g/mol. The number of methoxy groups -OCH3 is 1. The van der Waals surface area contributed by atoms with Crippen LogP contribution in [0, 0.1) is 5.82 Å². The SMILES string of the molecule is COCC(C=C(N)c1nc(N)c2c(n1)NC(=O)C2(C)C(N)=O)=NCc1ccccc1F. The van der Waals surface area contributed by atoms with E-state index < -0.39 is 17.2 Å². The molecule has 1 aromatic heterocycles. The molecular formula is C20H22FN7O3. The second-order valence-electron chi connectivity index (χ2n) is 7.03. The van der Waals surface area contributed by atoms with E-state index in [1.165, 1.54) is 26.2 Å². The van der Waals surface area contributed by atoms with Crippen molar-refractivity contribution in [2.45, 2.75) is 18.9 Å². The Morgan fingerprint density at radius 1 is 1.32 bits per heavy atom. The highest BCUT2D eigenvalue weighted by atomic mass is 19.1. The minimum absolute atomic E-state index is 0.0139. The van der Waals surface area contributed by atoms with Crippen LogP contribution in [-0.4, -0.2) is 41.2 Å². The lowest BCUT2D eigenvalue weighted by Gasteiger charge is -2.18. The first kappa shape index (κ1) is 21.8. The van der Waals surface area contributed by atoms with Crippen molar-refractivity contribution >= 4 is 34.9 Å². The number of fused-ring (bicyclic) bond motifs is 1. The van der Waals surface area contributed by atoms with Crippen LogP contribution in [0.4, 0.5) is 16.0 Å². The number of hydrogen-bond acceptors (Lipinski definition) is 8. The normalized spacial score (nSPS) is 18.6. The minimum atomic E-state index is -1.68. The van der Waals surface area contributed by atoms with Crippen LogP contribution in [-0.2, 0) is 26.3 Å². The summed E-state index contributed by atoms with van der Waals surface area (Å²) in [4.78, 5) is 36.8. The number of primary amides is 1. The maximum absolute atomic E-state index is 13.8. The number of nitrogens with zero attached hydrogens (tertiary/aromatic N) is 3. The molecule has 162 valence electrons. The van der Waals surface area contributed by atoms with E-state index in [4.69, 9.17) is 21.9 Å². The second-order valence-corrected chi connectivity index (χ2v) is 7.03. The molecule has 1 unspecified atom stereocenters. The average molecular weight is 427 g/mol. The van der Waals surface area contributed by atoms with Crippen LogP contribution in [0.15, 0.2) is 35.3 Å². The smallest absolute Gasteiger partial charge is 0.245 e. The van der Waals surface area contributed by atoms with E-state index in [1.807, 2.05) is 0 Å². The van der Waals surface area contributed by atoms with Gasteiger partial charge in [-0.3, -0.25) is 14.6 Å². The van der Waals surface area contributed by atoms with Gasteiger partial charge in [0.15, 0.2) is 11.2 Å². The number of nitrogens with one attached hydrogen (secondary N) is 1. The molecule has 1 aliphatic heterocycles. The Morgan fingerprint density at radius 3 is 2.68 bits per heavy atom. The van der Waals surface area contributed by atoms with E-state index in [1.54, 1.807) is 18.2 Å². The number of aliphatic imine (C=N–C) groups is 1. The quantitative estimate of drug-likeness (QED) is 0.367. The summed E-state index contributed by atoms with van der Waals surface area (Å²) in [6.07, 6.45) is 1.47. The Kier molecular flexibility index (Phi) is 5.97. The number of aromatic nitrogens is 2. The number of nitrogen functional groups attached to an aromatic ring is 1. The molecule has 0 spiro atoms. The van der Waals surface area contributed by atoms with Crippen molar-refractivity contribution in [2.24, 2.45) is 16.5 Å². The van der Waals surface area contributed by atoms with E-state index >= 15 is 0 Å². The van der Waals surface area contributed by atoms with Crippen LogP contribution in [0.1, 0.15) is 23.9 Å². The van der Waals surface area contributed by atoms with Crippen LogP contribution in [0.25, 0.3) is 5.70 Å². The molecule has 31 heavy (non-hydrogen) atoms. The average Bonchev–Trinajstić information content (AvgIpc) is 2.99. The Morgan fingerprint density at radius 2 is 2.03 bits per heavy atom. The first-order chi connectivity index (χ1) is 14.7. The third-order valence-corrected chi connectivity index (χ3v) is 4.90. The number of halogens is 1. The third-order valence-electron chi connectivity index (χ3n) is 4.90. The summed E-state index contributed by atoms with van der Waals surface area (Å²) in [7, 11) is 1.48. The second kappa shape index (κ2) is 8.48. The molecule has 2 aromatic rings. The van der Waals surface area contributed by atoms with Gasteiger partial charge in [0.2, 0.25) is 11.8 Å². The number of nitrogens with two attached hydrogens (primary N) is 3. The lowest BCUT2D eigenvalue weighted by molar-refractivity contribution is -0.131. The van der Waals surface area contributed by atoms with Gasteiger partial charge in [-0.15, -0.1) is 0 Å². The van der Waals surface area contributed by atoms with Crippen molar-refractivity contribution in [3.05, 3.63) is 53.1 Å². The maximum Gasteiger partial charge on any atom is 0.245 e. The predicted molar refractivity (Wildman–Crippen MR) is 113 cm³/mol. The van der Waals surface area contributed by atoms with Crippen molar-refractivity contribution in [1.29, 1.82) is 0 Å². The zero-order valence-corrected chi connectivity index (χ0v) is 17.0. The van der Waals surface area contributed by atoms with Gasteiger partial charge in [0, 0.05) is 12.7 Å². The highest BCUT2D eigenvalue weighted by molar-refractivity contribution is 6.20. The molecule has 7 N–H and O–H groups in total. The zero-order chi connectivity index (χ0) is 22.8. The molecule has 0 saturated carbocycles. The number of anilines is 2. The van der Waals surface area contributed by atoms with Gasteiger partial charge in [-0.2, -0.15) is 0 Å². The molecule has 0 aliphatic carbocycles. The highest BCUT2D eigenvalue weighted by Gasteiger charge is 2.51. The van der Waals surface area contributed by atoms with Gasteiger partial charge < -0.3 is 27.3 Å². The number of rotatable bonds is 7. The summed E-state index contributed by atoms with van der Waals surface area (Å²) in [5.74, 6) is -1.93. The fourth-order valence-corrected chi connectivity index (χ4v) is 3.11. The van der Waals surface area contributed by atoms with Gasteiger partial charge in [-0.1, -0.05) is 18.2 Å². The Bertz CT molecular complexity index is 1120. The molecule has 1 atom stereocenters. The molecule has 1 aromatic carbocycles. The Balaban J connectivity index is 1.95. The van der Waals surface area contributed by atoms with Gasteiger partial charge in [0.05, 0.1) is 30.1 Å². The van der Waals surface area contributed by atoms with Gasteiger partial charge in [0.25, 0.3) is 0 Å². The molecule has 3 rings (SSSR count). The largest absolute Gasteiger partial charge is 0.396 e. The van der Waals surface area contributed by atoms with Crippen LogP contribution in [0.2, 0.25) is 0 Å². The van der Waals surface area contributed by atoms with Crippen molar-refractivity contribution in [3.8, 4) is 0 Å². The highest BCUT2D eigenvalue weighted by Crippen LogP contribution is 2.39. The van der Waals surface area contributed by atoms with Gasteiger partial charge in [-0.25, -0.2) is 14.4 Å². The van der Waals surface area contributed by atoms with Crippen molar-refractivity contribution < 1.29 is 18.7 Å². The molecule has 11 heteroatoms. The lowest BCUT2D eigenvalue weighted by atomic mass is 9.84. The number of carbonyl (C=O) groups is 2. The first-order valence-corrected chi connectivity index (χ1v) is 9.21. The van der Waals surface area contributed by atoms with Crippen molar-refractivity contribution in [2.75, 3.05) is 24.8 Å². The van der Waals surface area contributed by atoms with Crippen LogP contribution >= 0.6 is 0 Å². The van der Waals surface area contributed by atoms with Crippen LogP contribution < -0.4 is 22.5 Å². The third kappa shape index (κ3) is 4.08. The van der Waals surface area contributed by atoms with E-state index in [9.17, 15) is 14.0 Å². The summed E-state index contributed by atoms with van der Waals surface area (Å²) < 4.78 is 19.0. The Hall–Kier alpha value is -3.86. The number of benzene rings is 1. The number of amides is 2. The zero-order valence-electron chi connectivity index (χ0n) is 17.0. The summed E-state index contributed by atoms with van der Waals surface area (Å²) >= 11 is 0. The van der Waals surface area contributed by atoms with E-state index in [0.717, 1.165) is 0 Å². The summed E-state index contributed by atoms with van der Waals surface area (Å²) in [5.41, 5.74) is 16.8.